The summed E-state index contributed by atoms with van der Waals surface area (Å²) >= 11 is 1.44. The third-order valence-electron chi connectivity index (χ3n) is 5.15. The third-order valence-corrected chi connectivity index (χ3v) is 6.26. The fourth-order valence-electron chi connectivity index (χ4n) is 3.62. The van der Waals surface area contributed by atoms with Crippen LogP contribution in [-0.4, -0.2) is 43.0 Å². The quantitative estimate of drug-likeness (QED) is 0.778. The molecule has 1 atom stereocenters. The Morgan fingerprint density at radius 2 is 2.24 bits per heavy atom. The van der Waals surface area contributed by atoms with E-state index >= 15 is 0 Å². The number of aromatic carboxylic acids is 1. The molecule has 0 spiro atoms. The molecular formula is C17H17N5O2S. The first-order valence-corrected chi connectivity index (χ1v) is 9.30. The first kappa shape index (κ1) is 14.8. The summed E-state index contributed by atoms with van der Waals surface area (Å²) in [4.78, 5) is 28.9. The zero-order chi connectivity index (χ0) is 17.1. The molecule has 1 N–H and O–H groups in total. The van der Waals surface area contributed by atoms with E-state index < -0.39 is 5.97 Å². The van der Waals surface area contributed by atoms with Crippen LogP contribution in [0.1, 0.15) is 41.5 Å². The number of anilines is 1. The van der Waals surface area contributed by atoms with Crippen molar-refractivity contribution < 1.29 is 9.90 Å². The van der Waals surface area contributed by atoms with E-state index in [0.29, 0.717) is 10.9 Å². The minimum Gasteiger partial charge on any atom is -0.476 e. The zero-order valence-electron chi connectivity index (χ0n) is 13.8. The Labute approximate surface area is 148 Å². The van der Waals surface area contributed by atoms with Gasteiger partial charge < -0.3 is 10.0 Å². The fourth-order valence-corrected chi connectivity index (χ4v) is 4.70. The van der Waals surface area contributed by atoms with Crippen molar-refractivity contribution in [3.05, 3.63) is 29.5 Å². The zero-order valence-corrected chi connectivity index (χ0v) is 14.6. The van der Waals surface area contributed by atoms with Gasteiger partial charge in [-0.05, 0) is 32.6 Å². The molecule has 1 aliphatic heterocycles. The van der Waals surface area contributed by atoms with E-state index in [4.69, 9.17) is 9.97 Å². The highest BCUT2D eigenvalue weighted by Gasteiger charge is 2.29. The van der Waals surface area contributed by atoms with Crippen molar-refractivity contribution in [3.63, 3.8) is 0 Å². The molecule has 0 amide bonds. The number of rotatable bonds is 3. The number of imidazole rings is 1. The van der Waals surface area contributed by atoms with Gasteiger partial charge >= 0.3 is 5.97 Å². The number of hydrogen-bond donors (Lipinski definition) is 1. The van der Waals surface area contributed by atoms with Crippen LogP contribution >= 0.6 is 11.3 Å². The van der Waals surface area contributed by atoms with Gasteiger partial charge in [-0.1, -0.05) is 0 Å². The second kappa shape index (κ2) is 5.26. The summed E-state index contributed by atoms with van der Waals surface area (Å²) in [7, 11) is 0. The van der Waals surface area contributed by atoms with Gasteiger partial charge in [-0.2, -0.15) is 0 Å². The monoisotopic (exact) mass is 355 g/mol. The number of fused-ring (bicyclic) bond motifs is 2. The molecule has 1 aliphatic carbocycles. The molecule has 7 nitrogen and oxygen atoms in total. The van der Waals surface area contributed by atoms with Crippen LogP contribution in [0.15, 0.2) is 12.5 Å². The van der Waals surface area contributed by atoms with Crippen LogP contribution < -0.4 is 4.90 Å². The molecule has 3 aromatic heterocycles. The molecule has 3 aromatic rings. The molecule has 25 heavy (non-hydrogen) atoms. The summed E-state index contributed by atoms with van der Waals surface area (Å²) in [6.07, 6.45) is 7.74. The molecular weight excluding hydrogens is 338 g/mol. The predicted octanol–water partition coefficient (Wildman–Crippen LogP) is 2.64. The number of aryl methyl sites for hydroxylation is 1. The first-order valence-electron chi connectivity index (χ1n) is 8.48. The summed E-state index contributed by atoms with van der Waals surface area (Å²) in [6.45, 7) is 3.19. The van der Waals surface area contributed by atoms with Crippen LogP contribution in [0.3, 0.4) is 0 Å². The second-order valence-corrected chi connectivity index (χ2v) is 7.72. The first-order chi connectivity index (χ1) is 12.1. The van der Waals surface area contributed by atoms with Crippen LogP contribution in [0, 0.1) is 0 Å². The van der Waals surface area contributed by atoms with Crippen molar-refractivity contribution in [2.24, 2.45) is 0 Å². The Bertz CT molecular complexity index is 1010. The lowest BCUT2D eigenvalue weighted by Crippen LogP contribution is -2.46. The number of carboxylic acid groups (broad SMARTS) is 1. The smallest absolute Gasteiger partial charge is 0.357 e. The summed E-state index contributed by atoms with van der Waals surface area (Å²) in [5, 5.41) is 9.29. The van der Waals surface area contributed by atoms with E-state index in [-0.39, 0.29) is 5.69 Å². The highest BCUT2D eigenvalue weighted by Crippen LogP contribution is 2.37. The van der Waals surface area contributed by atoms with Crippen LogP contribution in [-0.2, 0) is 12.8 Å². The van der Waals surface area contributed by atoms with E-state index in [0.717, 1.165) is 48.0 Å². The molecule has 1 fully saturated rings. The van der Waals surface area contributed by atoms with E-state index in [1.54, 1.807) is 10.7 Å². The Hall–Kier alpha value is -2.48. The van der Waals surface area contributed by atoms with Crippen LogP contribution in [0.4, 0.5) is 5.95 Å². The lowest BCUT2D eigenvalue weighted by Gasteiger charge is -2.39. The average Bonchev–Trinajstić information content (AvgIpc) is 3.26. The molecule has 128 valence electrons. The van der Waals surface area contributed by atoms with Gasteiger partial charge in [0.2, 0.25) is 5.95 Å². The van der Waals surface area contributed by atoms with Gasteiger partial charge in [0.05, 0.1) is 10.6 Å². The van der Waals surface area contributed by atoms with E-state index in [1.165, 1.54) is 23.3 Å². The summed E-state index contributed by atoms with van der Waals surface area (Å²) in [6, 6.07) is 0.481. The Kier molecular flexibility index (Phi) is 3.12. The van der Waals surface area contributed by atoms with Crippen molar-refractivity contribution in [2.75, 3.05) is 11.4 Å². The minimum absolute atomic E-state index is 0.0959. The average molecular weight is 355 g/mol. The van der Waals surface area contributed by atoms with Crippen molar-refractivity contribution in [1.29, 1.82) is 0 Å². The fraction of sp³-hybridized carbons (Fsp3) is 0.412. The van der Waals surface area contributed by atoms with E-state index in [9.17, 15) is 9.90 Å². The maximum atomic E-state index is 11.3. The highest BCUT2D eigenvalue weighted by molar-refractivity contribution is 7.21. The second-order valence-electron chi connectivity index (χ2n) is 6.69. The summed E-state index contributed by atoms with van der Waals surface area (Å²) in [5.74, 6) is -0.192. The lowest BCUT2D eigenvalue weighted by molar-refractivity contribution is 0.0693. The molecule has 8 heteroatoms. The highest BCUT2D eigenvalue weighted by atomic mass is 32.1. The van der Waals surface area contributed by atoms with Crippen LogP contribution in [0.25, 0.3) is 15.4 Å². The van der Waals surface area contributed by atoms with Gasteiger partial charge in [0.15, 0.2) is 5.69 Å². The number of nitrogens with zero attached hydrogens (tertiary/aromatic N) is 5. The standard InChI is InChI=1S/C17H17N5O2S/c1-9-5-6-22(9)17-19-11-4-2-3-10(11)13(20-17)12-7-21-8-18-14(16(23)24)15(21)25-12/h7-9H,2-6H2,1H3,(H,23,24)/t9-/m0/s1. The molecule has 5 rings (SSSR count). The Balaban J connectivity index is 1.67. The SMILES string of the molecule is C[C@H]1CCN1c1nc2c(c(-c3cn4cnc(C(=O)O)c4s3)n1)CCC2. The largest absolute Gasteiger partial charge is 0.476 e. The van der Waals surface area contributed by atoms with Gasteiger partial charge in [0.1, 0.15) is 11.2 Å². The molecule has 1 saturated heterocycles. The topological polar surface area (TPSA) is 83.6 Å². The van der Waals surface area contributed by atoms with Gasteiger partial charge in [-0.25, -0.2) is 19.7 Å². The maximum Gasteiger partial charge on any atom is 0.357 e. The van der Waals surface area contributed by atoms with Crippen molar-refractivity contribution in [3.8, 4) is 10.6 Å². The predicted molar refractivity (Wildman–Crippen MR) is 94.5 cm³/mol. The normalized spacial score (nSPS) is 19.2. The number of thiazole rings is 1. The lowest BCUT2D eigenvalue weighted by atomic mass is 10.1. The minimum atomic E-state index is -1.00. The summed E-state index contributed by atoms with van der Waals surface area (Å²) in [5.41, 5.74) is 3.42. The number of hydrogen-bond acceptors (Lipinski definition) is 6. The van der Waals surface area contributed by atoms with E-state index in [1.807, 2.05) is 6.20 Å². The summed E-state index contributed by atoms with van der Waals surface area (Å²) < 4.78 is 1.78. The number of carbonyl (C=O) groups is 1. The van der Waals surface area contributed by atoms with Crippen LogP contribution in [0.2, 0.25) is 0 Å². The molecule has 4 heterocycles. The molecule has 0 radical (unpaired) electrons. The van der Waals surface area contributed by atoms with E-state index in [2.05, 4.69) is 16.8 Å². The van der Waals surface area contributed by atoms with Gasteiger partial charge in [-0.15, -0.1) is 11.3 Å². The van der Waals surface area contributed by atoms with Gasteiger partial charge in [0, 0.05) is 30.0 Å². The van der Waals surface area contributed by atoms with Crippen molar-refractivity contribution in [2.45, 2.75) is 38.6 Å². The van der Waals surface area contributed by atoms with Gasteiger partial charge in [0.25, 0.3) is 0 Å². The molecule has 0 aromatic carbocycles. The van der Waals surface area contributed by atoms with Crippen molar-refractivity contribution in [1.82, 2.24) is 19.4 Å². The van der Waals surface area contributed by atoms with Gasteiger partial charge in [-0.3, -0.25) is 4.40 Å². The molecule has 2 aliphatic rings. The van der Waals surface area contributed by atoms with Crippen LogP contribution in [0.5, 0.6) is 0 Å². The number of aromatic nitrogens is 4. The molecule has 0 unspecified atom stereocenters. The molecule has 0 saturated carbocycles. The van der Waals surface area contributed by atoms with Crippen molar-refractivity contribution >= 4 is 28.1 Å². The Morgan fingerprint density at radius 1 is 1.36 bits per heavy atom. The molecule has 0 bridgehead atoms. The maximum absolute atomic E-state index is 11.3. The number of carboxylic acids is 1. The third kappa shape index (κ3) is 2.17. The Morgan fingerprint density at radius 3 is 2.96 bits per heavy atom.